The molecule has 31 heavy (non-hydrogen) atoms. The summed E-state index contributed by atoms with van der Waals surface area (Å²) in [6, 6.07) is 13.2. The first-order chi connectivity index (χ1) is 14.8. The van der Waals surface area contributed by atoms with E-state index < -0.39 is 23.8 Å². The number of benzene rings is 2. The van der Waals surface area contributed by atoms with Crippen molar-refractivity contribution in [1.29, 1.82) is 0 Å². The number of hydrogen-bond acceptors (Lipinski definition) is 3. The Morgan fingerprint density at radius 1 is 1.00 bits per heavy atom. The van der Waals surface area contributed by atoms with Crippen molar-refractivity contribution >= 4 is 11.9 Å². The van der Waals surface area contributed by atoms with Crippen molar-refractivity contribution in [2.45, 2.75) is 44.1 Å². The second-order valence-corrected chi connectivity index (χ2v) is 7.98. The van der Waals surface area contributed by atoms with E-state index in [1.165, 1.54) is 11.0 Å². The number of nitrogens with zero attached hydrogens (tertiary/aromatic N) is 2. The number of imide groups is 1. The smallest absolute Gasteiger partial charge is 0.315 e. The van der Waals surface area contributed by atoms with Crippen LogP contribution in [0.5, 0.6) is 0 Å². The van der Waals surface area contributed by atoms with Crippen molar-refractivity contribution in [1.82, 2.24) is 15.1 Å². The number of amides is 3. The monoisotopic (exact) mass is 431 g/mol. The molecule has 164 valence electrons. The fraction of sp³-hybridized carbons (Fsp3) is 0.391. The quantitative estimate of drug-likeness (QED) is 0.783. The van der Waals surface area contributed by atoms with Gasteiger partial charge in [-0.2, -0.15) is 13.2 Å². The molecular weight excluding hydrogens is 407 g/mol. The van der Waals surface area contributed by atoms with Gasteiger partial charge >= 0.3 is 12.2 Å². The molecule has 2 heterocycles. The van der Waals surface area contributed by atoms with Crippen LogP contribution in [-0.2, 0) is 23.9 Å². The summed E-state index contributed by atoms with van der Waals surface area (Å²) >= 11 is 0. The Bertz CT molecular complexity index is 949. The van der Waals surface area contributed by atoms with Crippen molar-refractivity contribution < 1.29 is 22.8 Å². The number of hydrogen-bond donors (Lipinski definition) is 1. The Hall–Kier alpha value is -2.87. The number of urea groups is 1. The predicted molar refractivity (Wildman–Crippen MR) is 109 cm³/mol. The van der Waals surface area contributed by atoms with Gasteiger partial charge in [0.05, 0.1) is 11.6 Å². The molecule has 3 amide bonds. The molecule has 2 fully saturated rings. The van der Waals surface area contributed by atoms with Crippen LogP contribution in [0.1, 0.15) is 29.5 Å². The minimum atomic E-state index is -4.45. The number of rotatable bonds is 5. The van der Waals surface area contributed by atoms with Gasteiger partial charge < -0.3 is 10.2 Å². The maximum Gasteiger partial charge on any atom is 0.416 e. The van der Waals surface area contributed by atoms with Crippen LogP contribution in [0.3, 0.4) is 0 Å². The molecular formula is C23H24F3N3O2. The molecule has 2 unspecified atom stereocenters. The van der Waals surface area contributed by atoms with E-state index in [0.717, 1.165) is 24.1 Å². The van der Waals surface area contributed by atoms with Gasteiger partial charge in [-0.1, -0.05) is 42.5 Å². The van der Waals surface area contributed by atoms with Crippen LogP contribution in [0.25, 0.3) is 0 Å². The zero-order valence-corrected chi connectivity index (χ0v) is 16.9. The van der Waals surface area contributed by atoms with Crippen LogP contribution in [0.2, 0.25) is 0 Å². The van der Waals surface area contributed by atoms with Gasteiger partial charge in [-0.3, -0.25) is 9.69 Å². The number of alkyl halides is 3. The third-order valence-electron chi connectivity index (χ3n) is 5.91. The largest absolute Gasteiger partial charge is 0.416 e. The normalized spacial score (nSPS) is 21.9. The number of fused-ring (bicyclic) bond motifs is 1. The van der Waals surface area contributed by atoms with Crippen LogP contribution in [0.4, 0.5) is 18.0 Å². The van der Waals surface area contributed by atoms with E-state index in [1.807, 2.05) is 30.3 Å². The van der Waals surface area contributed by atoms with Gasteiger partial charge in [-0.15, -0.1) is 0 Å². The Morgan fingerprint density at radius 3 is 2.48 bits per heavy atom. The summed E-state index contributed by atoms with van der Waals surface area (Å²) in [6.45, 7) is 0.928. The molecule has 2 saturated heterocycles. The summed E-state index contributed by atoms with van der Waals surface area (Å²) < 4.78 is 39.4. The van der Waals surface area contributed by atoms with Crippen molar-refractivity contribution in [2.75, 3.05) is 13.1 Å². The fourth-order valence-electron chi connectivity index (χ4n) is 4.34. The lowest BCUT2D eigenvalue weighted by atomic mass is 9.92. The highest BCUT2D eigenvalue weighted by Gasteiger charge is 2.46. The van der Waals surface area contributed by atoms with E-state index in [0.29, 0.717) is 24.9 Å². The van der Waals surface area contributed by atoms with Crippen molar-refractivity contribution in [3.05, 3.63) is 71.3 Å². The molecule has 0 radical (unpaired) electrons. The summed E-state index contributed by atoms with van der Waals surface area (Å²) in [5.74, 6) is -0.258. The summed E-state index contributed by atoms with van der Waals surface area (Å²) in [5.41, 5.74) is 0.654. The number of carbonyl (C=O) groups excluding carboxylic acids is 2. The van der Waals surface area contributed by atoms with Gasteiger partial charge in [-0.25, -0.2) is 4.79 Å². The first-order valence-corrected chi connectivity index (χ1v) is 10.4. The summed E-state index contributed by atoms with van der Waals surface area (Å²) in [5, 5.41) is 3.21. The average Bonchev–Trinajstić information content (AvgIpc) is 2.77. The molecule has 0 saturated carbocycles. The highest BCUT2D eigenvalue weighted by atomic mass is 19.4. The third-order valence-corrected chi connectivity index (χ3v) is 5.91. The van der Waals surface area contributed by atoms with Gasteiger partial charge in [0, 0.05) is 13.1 Å². The fourth-order valence-corrected chi connectivity index (χ4v) is 4.34. The SMILES string of the molecule is O=C1C2NCCCC2N(Cc2cccc(C(F)(F)F)c2)C(=O)N1CCc1ccccc1. The van der Waals surface area contributed by atoms with Gasteiger partial charge in [-0.05, 0) is 49.1 Å². The lowest BCUT2D eigenvalue weighted by Gasteiger charge is -2.47. The van der Waals surface area contributed by atoms with Crippen molar-refractivity contribution in [2.24, 2.45) is 0 Å². The number of halogens is 3. The van der Waals surface area contributed by atoms with E-state index in [-0.39, 0.29) is 25.0 Å². The average molecular weight is 431 g/mol. The van der Waals surface area contributed by atoms with Crippen LogP contribution < -0.4 is 5.32 Å². The van der Waals surface area contributed by atoms with Crippen molar-refractivity contribution in [3.8, 4) is 0 Å². The lowest BCUT2D eigenvalue weighted by molar-refractivity contribution is -0.137. The first kappa shape index (κ1) is 21.4. The summed E-state index contributed by atoms with van der Waals surface area (Å²) in [7, 11) is 0. The minimum absolute atomic E-state index is 0.0285. The molecule has 8 heteroatoms. The molecule has 0 bridgehead atoms. The zero-order chi connectivity index (χ0) is 22.0. The molecule has 4 rings (SSSR count). The lowest BCUT2D eigenvalue weighted by Crippen LogP contribution is -2.69. The van der Waals surface area contributed by atoms with E-state index in [1.54, 1.807) is 11.0 Å². The molecule has 2 aliphatic heterocycles. The maximum atomic E-state index is 13.3. The molecule has 2 aliphatic rings. The summed E-state index contributed by atoms with van der Waals surface area (Å²) in [4.78, 5) is 29.1. The molecule has 0 spiro atoms. The van der Waals surface area contributed by atoms with Crippen LogP contribution in [-0.4, -0.2) is 46.9 Å². The number of piperidine rings is 1. The summed E-state index contributed by atoms with van der Waals surface area (Å²) in [6.07, 6.45) is -2.49. The van der Waals surface area contributed by atoms with Gasteiger partial charge in [0.25, 0.3) is 0 Å². The van der Waals surface area contributed by atoms with Gasteiger partial charge in [0.15, 0.2) is 0 Å². The van der Waals surface area contributed by atoms with E-state index in [2.05, 4.69) is 5.32 Å². The molecule has 2 atom stereocenters. The van der Waals surface area contributed by atoms with Crippen LogP contribution >= 0.6 is 0 Å². The second-order valence-electron chi connectivity index (χ2n) is 7.98. The minimum Gasteiger partial charge on any atom is -0.315 e. The highest BCUT2D eigenvalue weighted by Crippen LogP contribution is 2.31. The zero-order valence-electron chi connectivity index (χ0n) is 16.9. The second kappa shape index (κ2) is 8.70. The Balaban J connectivity index is 1.57. The number of carbonyl (C=O) groups is 2. The molecule has 5 nitrogen and oxygen atoms in total. The third kappa shape index (κ3) is 4.58. The Kier molecular flexibility index (Phi) is 6.00. The highest BCUT2D eigenvalue weighted by molar-refractivity contribution is 6.00. The van der Waals surface area contributed by atoms with E-state index in [9.17, 15) is 22.8 Å². The molecule has 0 aromatic heterocycles. The molecule has 2 aromatic carbocycles. The molecule has 2 aromatic rings. The van der Waals surface area contributed by atoms with Crippen molar-refractivity contribution in [3.63, 3.8) is 0 Å². The predicted octanol–water partition coefficient (Wildman–Crippen LogP) is 3.83. The molecule has 0 aliphatic carbocycles. The first-order valence-electron chi connectivity index (χ1n) is 10.4. The Labute approximate surface area is 178 Å². The van der Waals surface area contributed by atoms with Crippen LogP contribution in [0.15, 0.2) is 54.6 Å². The van der Waals surface area contributed by atoms with Gasteiger partial charge in [0.1, 0.15) is 6.04 Å². The number of nitrogens with one attached hydrogen (secondary N) is 1. The van der Waals surface area contributed by atoms with Gasteiger partial charge in [0.2, 0.25) is 5.91 Å². The topological polar surface area (TPSA) is 52.7 Å². The van der Waals surface area contributed by atoms with Crippen LogP contribution in [0, 0.1) is 0 Å². The van der Waals surface area contributed by atoms with E-state index in [4.69, 9.17) is 0 Å². The Morgan fingerprint density at radius 2 is 1.74 bits per heavy atom. The maximum absolute atomic E-state index is 13.3. The van der Waals surface area contributed by atoms with E-state index >= 15 is 0 Å². The standard InChI is InChI=1S/C23H24F3N3O2/c24-23(25,26)18-9-4-8-17(14-18)15-29-19-10-5-12-27-20(19)21(30)28(22(29)31)13-11-16-6-2-1-3-7-16/h1-4,6-9,14,19-20,27H,5,10-13,15H2. The molecule has 1 N–H and O–H groups in total.